The molecule has 0 N–H and O–H groups in total. The van der Waals surface area contributed by atoms with E-state index in [1.807, 2.05) is 25.1 Å². The Balaban J connectivity index is 2.08. The second-order valence-corrected chi connectivity index (χ2v) is 5.05. The van der Waals surface area contributed by atoms with Crippen molar-refractivity contribution in [2.24, 2.45) is 0 Å². The molecule has 0 atom stereocenters. The first-order valence-corrected chi connectivity index (χ1v) is 6.72. The highest BCUT2D eigenvalue weighted by Gasteiger charge is 2.12. The van der Waals surface area contributed by atoms with E-state index in [1.165, 1.54) is 0 Å². The molecule has 0 spiro atoms. The van der Waals surface area contributed by atoms with E-state index in [4.69, 9.17) is 0 Å². The summed E-state index contributed by atoms with van der Waals surface area (Å²) in [4.78, 5) is 4.31. The number of halogens is 3. The van der Waals surface area contributed by atoms with E-state index in [1.54, 1.807) is 24.4 Å². The standard InChI is InChI=1S/C18H12F3N/c1-11-5-6-18(22-10-11)13-4-2-3-12(7-13)14-8-16(20)17(21)9-15(14)19/h2-10H,1H3. The molecule has 0 amide bonds. The molecule has 110 valence electrons. The lowest BCUT2D eigenvalue weighted by molar-refractivity contribution is 0.496. The number of aryl methyl sites for hydroxylation is 1. The summed E-state index contributed by atoms with van der Waals surface area (Å²) in [6.45, 7) is 1.93. The third-order valence-corrected chi connectivity index (χ3v) is 3.39. The van der Waals surface area contributed by atoms with Gasteiger partial charge in [0.25, 0.3) is 0 Å². The number of pyridine rings is 1. The van der Waals surface area contributed by atoms with Crippen molar-refractivity contribution in [1.29, 1.82) is 0 Å². The molecule has 4 heteroatoms. The van der Waals surface area contributed by atoms with E-state index < -0.39 is 17.5 Å². The molecule has 0 fully saturated rings. The van der Waals surface area contributed by atoms with Gasteiger partial charge in [-0.2, -0.15) is 0 Å². The van der Waals surface area contributed by atoms with Crippen molar-refractivity contribution in [3.63, 3.8) is 0 Å². The zero-order valence-electron chi connectivity index (χ0n) is 11.8. The van der Waals surface area contributed by atoms with E-state index >= 15 is 0 Å². The number of rotatable bonds is 2. The highest BCUT2D eigenvalue weighted by molar-refractivity contribution is 5.71. The normalized spacial score (nSPS) is 10.7. The quantitative estimate of drug-likeness (QED) is 0.597. The molecular weight excluding hydrogens is 287 g/mol. The molecule has 0 aliphatic rings. The maximum atomic E-state index is 13.9. The fraction of sp³-hybridized carbons (Fsp3) is 0.0556. The minimum Gasteiger partial charge on any atom is -0.256 e. The summed E-state index contributed by atoms with van der Waals surface area (Å²) in [7, 11) is 0. The van der Waals surface area contributed by atoms with Crippen LogP contribution >= 0.6 is 0 Å². The Morgan fingerprint density at radius 1 is 0.773 bits per heavy atom. The summed E-state index contributed by atoms with van der Waals surface area (Å²) in [6.07, 6.45) is 1.74. The van der Waals surface area contributed by atoms with Crippen LogP contribution in [-0.4, -0.2) is 4.98 Å². The molecule has 0 saturated heterocycles. The number of nitrogens with zero attached hydrogens (tertiary/aromatic N) is 1. The molecule has 0 saturated carbocycles. The summed E-state index contributed by atoms with van der Waals surface area (Å²) in [5.74, 6) is -3.07. The zero-order chi connectivity index (χ0) is 15.7. The van der Waals surface area contributed by atoms with E-state index in [0.29, 0.717) is 11.6 Å². The second-order valence-electron chi connectivity index (χ2n) is 5.05. The van der Waals surface area contributed by atoms with Gasteiger partial charge in [0, 0.05) is 23.4 Å². The van der Waals surface area contributed by atoms with Gasteiger partial charge in [-0.1, -0.05) is 24.3 Å². The third kappa shape index (κ3) is 2.72. The maximum Gasteiger partial charge on any atom is 0.161 e. The summed E-state index contributed by atoms with van der Waals surface area (Å²) >= 11 is 0. The van der Waals surface area contributed by atoms with Gasteiger partial charge < -0.3 is 0 Å². The summed E-state index contributed by atoms with van der Waals surface area (Å²) < 4.78 is 40.3. The number of hydrogen-bond donors (Lipinski definition) is 0. The minimum absolute atomic E-state index is 0.0212. The highest BCUT2D eigenvalue weighted by Crippen LogP contribution is 2.28. The Bertz CT molecular complexity index is 826. The van der Waals surface area contributed by atoms with Gasteiger partial charge in [-0.05, 0) is 36.2 Å². The van der Waals surface area contributed by atoms with Crippen LogP contribution in [-0.2, 0) is 0 Å². The monoisotopic (exact) mass is 299 g/mol. The van der Waals surface area contributed by atoms with Crippen LogP contribution in [0.4, 0.5) is 13.2 Å². The van der Waals surface area contributed by atoms with Gasteiger partial charge in [-0.15, -0.1) is 0 Å². The van der Waals surface area contributed by atoms with Crippen LogP contribution in [0.1, 0.15) is 5.56 Å². The van der Waals surface area contributed by atoms with E-state index in [0.717, 1.165) is 22.9 Å². The molecule has 22 heavy (non-hydrogen) atoms. The predicted octanol–water partition coefficient (Wildman–Crippen LogP) is 5.14. The van der Waals surface area contributed by atoms with Crippen molar-refractivity contribution >= 4 is 0 Å². The molecule has 0 unspecified atom stereocenters. The van der Waals surface area contributed by atoms with Gasteiger partial charge in [-0.3, -0.25) is 4.98 Å². The van der Waals surface area contributed by atoms with Crippen molar-refractivity contribution in [3.05, 3.63) is 77.7 Å². The summed E-state index contributed by atoms with van der Waals surface area (Å²) in [6, 6.07) is 12.1. The number of benzene rings is 2. The van der Waals surface area contributed by atoms with Gasteiger partial charge >= 0.3 is 0 Å². The maximum absolute atomic E-state index is 13.9. The minimum atomic E-state index is -1.20. The molecule has 3 rings (SSSR count). The lowest BCUT2D eigenvalue weighted by Crippen LogP contribution is -1.92. The average Bonchev–Trinajstić information content (AvgIpc) is 2.52. The first kappa shape index (κ1) is 14.3. The molecule has 0 radical (unpaired) electrons. The van der Waals surface area contributed by atoms with Crippen molar-refractivity contribution in [2.45, 2.75) is 6.92 Å². The summed E-state index contributed by atoms with van der Waals surface area (Å²) in [5, 5.41) is 0. The highest BCUT2D eigenvalue weighted by atomic mass is 19.2. The molecule has 1 nitrogen and oxygen atoms in total. The third-order valence-electron chi connectivity index (χ3n) is 3.39. The number of aromatic nitrogens is 1. The van der Waals surface area contributed by atoms with Crippen molar-refractivity contribution < 1.29 is 13.2 Å². The lowest BCUT2D eigenvalue weighted by atomic mass is 10.0. The van der Waals surface area contributed by atoms with Crippen molar-refractivity contribution in [3.8, 4) is 22.4 Å². The fourth-order valence-electron chi connectivity index (χ4n) is 2.23. The van der Waals surface area contributed by atoms with Crippen LogP contribution in [0.25, 0.3) is 22.4 Å². The van der Waals surface area contributed by atoms with E-state index in [9.17, 15) is 13.2 Å². The SMILES string of the molecule is Cc1ccc(-c2cccc(-c3cc(F)c(F)cc3F)c2)nc1. The van der Waals surface area contributed by atoms with Crippen LogP contribution < -0.4 is 0 Å². The molecule has 0 bridgehead atoms. The molecular formula is C18H12F3N. The molecule has 2 aromatic carbocycles. The fourth-order valence-corrected chi connectivity index (χ4v) is 2.23. The van der Waals surface area contributed by atoms with Crippen LogP contribution in [0.15, 0.2) is 54.7 Å². The molecule has 1 heterocycles. The van der Waals surface area contributed by atoms with Crippen molar-refractivity contribution in [1.82, 2.24) is 4.98 Å². The summed E-state index contributed by atoms with van der Waals surface area (Å²) in [5.41, 5.74) is 3.03. The van der Waals surface area contributed by atoms with Gasteiger partial charge in [0.1, 0.15) is 5.82 Å². The van der Waals surface area contributed by atoms with Gasteiger partial charge in [-0.25, -0.2) is 13.2 Å². The van der Waals surface area contributed by atoms with Crippen LogP contribution in [0.3, 0.4) is 0 Å². The molecule has 0 aliphatic carbocycles. The Morgan fingerprint density at radius 2 is 1.50 bits per heavy atom. The second kappa shape index (κ2) is 5.64. The topological polar surface area (TPSA) is 12.9 Å². The Hall–Kier alpha value is -2.62. The van der Waals surface area contributed by atoms with Gasteiger partial charge in [0.2, 0.25) is 0 Å². The molecule has 1 aromatic heterocycles. The molecule has 0 aliphatic heterocycles. The van der Waals surface area contributed by atoms with Crippen LogP contribution in [0.2, 0.25) is 0 Å². The Labute approximate surface area is 126 Å². The molecule has 3 aromatic rings. The first-order chi connectivity index (χ1) is 10.5. The predicted molar refractivity (Wildman–Crippen MR) is 79.7 cm³/mol. The van der Waals surface area contributed by atoms with Crippen LogP contribution in [0, 0.1) is 24.4 Å². The zero-order valence-corrected chi connectivity index (χ0v) is 11.8. The lowest BCUT2D eigenvalue weighted by Gasteiger charge is -2.07. The van der Waals surface area contributed by atoms with E-state index in [-0.39, 0.29) is 5.56 Å². The average molecular weight is 299 g/mol. The Kier molecular flexibility index (Phi) is 3.67. The van der Waals surface area contributed by atoms with Crippen molar-refractivity contribution in [2.75, 3.05) is 0 Å². The first-order valence-electron chi connectivity index (χ1n) is 6.72. The Morgan fingerprint density at radius 3 is 2.23 bits per heavy atom. The largest absolute Gasteiger partial charge is 0.256 e. The number of hydrogen-bond acceptors (Lipinski definition) is 1. The smallest absolute Gasteiger partial charge is 0.161 e. The van der Waals surface area contributed by atoms with E-state index in [2.05, 4.69) is 4.98 Å². The van der Waals surface area contributed by atoms with Gasteiger partial charge in [0.05, 0.1) is 5.69 Å². The van der Waals surface area contributed by atoms with Gasteiger partial charge in [0.15, 0.2) is 11.6 Å². The van der Waals surface area contributed by atoms with Crippen LogP contribution in [0.5, 0.6) is 0 Å².